The van der Waals surface area contributed by atoms with Gasteiger partial charge in [0.25, 0.3) is 0 Å². The van der Waals surface area contributed by atoms with E-state index in [0.717, 1.165) is 44.9 Å². The van der Waals surface area contributed by atoms with E-state index in [-0.39, 0.29) is 30.0 Å². The summed E-state index contributed by atoms with van der Waals surface area (Å²) in [4.78, 5) is 0. The Morgan fingerprint density at radius 2 is 1.58 bits per heavy atom. The number of unbranched alkanes of at least 4 members (excludes halogenated alkanes) is 1. The van der Waals surface area contributed by atoms with E-state index in [2.05, 4.69) is 13.8 Å². The molecule has 0 bridgehead atoms. The molecule has 2 nitrogen and oxygen atoms in total. The van der Waals surface area contributed by atoms with Gasteiger partial charge in [0.15, 0.2) is 0 Å². The molecular weight excluding hydrogens is 310 g/mol. The largest absolute Gasteiger partial charge is 0.378 e. The normalized spacial score (nSPS) is 40.6. The van der Waals surface area contributed by atoms with Gasteiger partial charge in [0.1, 0.15) is 12.3 Å². The number of hydrogen-bond acceptors (Lipinski definition) is 2. The maximum atomic E-state index is 14.9. The van der Waals surface area contributed by atoms with Gasteiger partial charge in [-0.2, -0.15) is 0 Å². The van der Waals surface area contributed by atoms with E-state index in [1.807, 2.05) is 6.92 Å². The molecule has 24 heavy (non-hydrogen) atoms. The lowest BCUT2D eigenvalue weighted by Gasteiger charge is -2.43. The lowest BCUT2D eigenvalue weighted by molar-refractivity contribution is -0.0869. The van der Waals surface area contributed by atoms with Crippen LogP contribution in [0.25, 0.3) is 0 Å². The number of halogens is 2. The minimum absolute atomic E-state index is 0.00341. The lowest BCUT2D eigenvalue weighted by atomic mass is 9.68. The molecule has 0 N–H and O–H groups in total. The molecule has 142 valence electrons. The summed E-state index contributed by atoms with van der Waals surface area (Å²) in [7, 11) is 0. The smallest absolute Gasteiger partial charge is 0.126 e. The predicted octanol–water partition coefficient (Wildman–Crippen LogP) is 5.49. The van der Waals surface area contributed by atoms with Crippen molar-refractivity contribution in [2.24, 2.45) is 17.8 Å². The highest BCUT2D eigenvalue weighted by atomic mass is 19.1. The Labute approximate surface area is 146 Å². The second kappa shape index (κ2) is 10.1. The van der Waals surface area contributed by atoms with Crippen LogP contribution in [0.4, 0.5) is 8.78 Å². The minimum atomic E-state index is -0.933. The van der Waals surface area contributed by atoms with Crippen LogP contribution in [0.2, 0.25) is 0 Å². The molecule has 2 rings (SSSR count). The van der Waals surface area contributed by atoms with Crippen molar-refractivity contribution in [3.8, 4) is 0 Å². The molecule has 4 heteroatoms. The van der Waals surface area contributed by atoms with Crippen molar-refractivity contribution in [2.75, 3.05) is 13.2 Å². The Hall–Kier alpha value is -0.220. The first-order chi connectivity index (χ1) is 11.6. The van der Waals surface area contributed by atoms with Gasteiger partial charge in [-0.15, -0.1) is 0 Å². The topological polar surface area (TPSA) is 18.5 Å². The Balaban J connectivity index is 1.82. The van der Waals surface area contributed by atoms with Crippen molar-refractivity contribution in [1.29, 1.82) is 0 Å². The lowest BCUT2D eigenvalue weighted by Crippen LogP contribution is -2.45. The third kappa shape index (κ3) is 5.14. The van der Waals surface area contributed by atoms with Gasteiger partial charge in [0.05, 0.1) is 12.2 Å². The summed E-state index contributed by atoms with van der Waals surface area (Å²) in [5, 5.41) is 0. The van der Waals surface area contributed by atoms with Gasteiger partial charge in [-0.1, -0.05) is 27.2 Å². The van der Waals surface area contributed by atoms with E-state index >= 15 is 0 Å². The maximum Gasteiger partial charge on any atom is 0.126 e. The van der Waals surface area contributed by atoms with E-state index in [0.29, 0.717) is 19.6 Å². The number of rotatable bonds is 8. The highest BCUT2D eigenvalue weighted by molar-refractivity contribution is 4.93. The molecule has 0 saturated heterocycles. The SMILES string of the molecule is CCCCOC1CCC(C2CCC(OCCC)C(C)C2F)CC1F. The standard InChI is InChI=1S/C20H36F2O2/c1-4-6-12-24-19-9-7-15(13-17(19)21)16-8-10-18(23-11-5-2)14(3)20(16)22/h14-20H,4-13H2,1-3H3. The molecule has 0 aliphatic heterocycles. The van der Waals surface area contributed by atoms with Gasteiger partial charge < -0.3 is 9.47 Å². The van der Waals surface area contributed by atoms with Crippen molar-refractivity contribution in [2.45, 2.75) is 96.7 Å². The van der Waals surface area contributed by atoms with Crippen LogP contribution in [-0.4, -0.2) is 37.8 Å². The zero-order chi connectivity index (χ0) is 17.5. The number of alkyl halides is 2. The van der Waals surface area contributed by atoms with E-state index in [9.17, 15) is 8.78 Å². The fourth-order valence-corrected chi connectivity index (χ4v) is 4.45. The summed E-state index contributed by atoms with van der Waals surface area (Å²) in [5.74, 6) is 0.0822. The molecule has 0 spiro atoms. The Bertz CT molecular complexity index is 353. The maximum absolute atomic E-state index is 14.9. The molecule has 2 aliphatic rings. The molecule has 0 heterocycles. The molecule has 0 aromatic heterocycles. The van der Waals surface area contributed by atoms with Gasteiger partial charge in [0.2, 0.25) is 0 Å². The summed E-state index contributed by atoms with van der Waals surface area (Å²) in [6, 6.07) is 0. The fourth-order valence-electron chi connectivity index (χ4n) is 4.45. The van der Waals surface area contributed by atoms with Crippen LogP contribution < -0.4 is 0 Å². The molecule has 0 aromatic carbocycles. The van der Waals surface area contributed by atoms with Crippen molar-refractivity contribution in [3.63, 3.8) is 0 Å². The quantitative estimate of drug-likeness (QED) is 0.541. The molecule has 0 radical (unpaired) electrons. The van der Waals surface area contributed by atoms with Crippen molar-refractivity contribution in [3.05, 3.63) is 0 Å². The fraction of sp³-hybridized carbons (Fsp3) is 1.00. The first-order valence-electron chi connectivity index (χ1n) is 10.1. The van der Waals surface area contributed by atoms with Crippen LogP contribution >= 0.6 is 0 Å². The summed E-state index contributed by atoms with van der Waals surface area (Å²) >= 11 is 0. The average Bonchev–Trinajstić information content (AvgIpc) is 2.58. The zero-order valence-corrected chi connectivity index (χ0v) is 15.7. The Morgan fingerprint density at radius 3 is 2.25 bits per heavy atom. The average molecular weight is 347 g/mol. The first kappa shape index (κ1) is 20.1. The van der Waals surface area contributed by atoms with Gasteiger partial charge >= 0.3 is 0 Å². The molecule has 0 aromatic rings. The molecule has 0 amide bonds. The summed E-state index contributed by atoms with van der Waals surface area (Å²) < 4.78 is 40.9. The predicted molar refractivity (Wildman–Crippen MR) is 93.7 cm³/mol. The molecule has 2 aliphatic carbocycles. The minimum Gasteiger partial charge on any atom is -0.378 e. The summed E-state index contributed by atoms with van der Waals surface area (Å²) in [5.41, 5.74) is 0. The van der Waals surface area contributed by atoms with Gasteiger partial charge in [-0.3, -0.25) is 0 Å². The first-order valence-corrected chi connectivity index (χ1v) is 10.1. The third-order valence-corrected chi connectivity index (χ3v) is 6.01. The molecule has 7 atom stereocenters. The van der Waals surface area contributed by atoms with E-state index < -0.39 is 12.3 Å². The van der Waals surface area contributed by atoms with Crippen molar-refractivity contribution >= 4 is 0 Å². The van der Waals surface area contributed by atoms with Crippen LogP contribution in [0.15, 0.2) is 0 Å². The molecule has 2 saturated carbocycles. The second-order valence-corrected chi connectivity index (χ2v) is 7.81. The van der Waals surface area contributed by atoms with Gasteiger partial charge in [-0.05, 0) is 56.8 Å². The van der Waals surface area contributed by atoms with Crippen molar-refractivity contribution in [1.82, 2.24) is 0 Å². The van der Waals surface area contributed by atoms with E-state index in [4.69, 9.17) is 9.47 Å². The van der Waals surface area contributed by atoms with Crippen LogP contribution in [-0.2, 0) is 9.47 Å². The Kier molecular flexibility index (Phi) is 8.42. The van der Waals surface area contributed by atoms with Gasteiger partial charge in [-0.25, -0.2) is 8.78 Å². The van der Waals surface area contributed by atoms with Gasteiger partial charge in [0, 0.05) is 19.1 Å². The monoisotopic (exact) mass is 346 g/mol. The van der Waals surface area contributed by atoms with Crippen LogP contribution in [0, 0.1) is 17.8 Å². The zero-order valence-electron chi connectivity index (χ0n) is 15.7. The van der Waals surface area contributed by atoms with E-state index in [1.54, 1.807) is 0 Å². The second-order valence-electron chi connectivity index (χ2n) is 7.81. The Morgan fingerprint density at radius 1 is 0.875 bits per heavy atom. The highest BCUT2D eigenvalue weighted by Crippen LogP contribution is 2.43. The molecule has 7 unspecified atom stereocenters. The summed E-state index contributed by atoms with van der Waals surface area (Å²) in [6.45, 7) is 7.50. The number of ether oxygens (including phenoxy) is 2. The number of hydrogen-bond donors (Lipinski definition) is 0. The molecular formula is C20H36F2O2. The van der Waals surface area contributed by atoms with E-state index in [1.165, 1.54) is 0 Å². The highest BCUT2D eigenvalue weighted by Gasteiger charge is 2.44. The van der Waals surface area contributed by atoms with Crippen LogP contribution in [0.3, 0.4) is 0 Å². The van der Waals surface area contributed by atoms with Crippen LogP contribution in [0.1, 0.15) is 72.1 Å². The van der Waals surface area contributed by atoms with Crippen molar-refractivity contribution < 1.29 is 18.3 Å². The van der Waals surface area contributed by atoms with Crippen LogP contribution in [0.5, 0.6) is 0 Å². The molecule has 2 fully saturated rings. The summed E-state index contributed by atoms with van der Waals surface area (Å²) in [6.07, 6.45) is 4.83. The third-order valence-electron chi connectivity index (χ3n) is 6.01.